The molecule has 0 aromatic carbocycles. The van der Waals surface area contributed by atoms with Crippen molar-refractivity contribution in [2.24, 2.45) is 28.6 Å². The van der Waals surface area contributed by atoms with E-state index in [0.717, 1.165) is 50.5 Å². The highest BCUT2D eigenvalue weighted by Crippen LogP contribution is 2.70. The van der Waals surface area contributed by atoms with Crippen LogP contribution in [0.4, 0.5) is 0 Å². The summed E-state index contributed by atoms with van der Waals surface area (Å²) in [6.45, 7) is 4.52. The zero-order valence-electron chi connectivity index (χ0n) is 17.5. The minimum Gasteiger partial charge on any atom is -0.431 e. The summed E-state index contributed by atoms with van der Waals surface area (Å²) < 4.78 is 5.11. The second kappa shape index (κ2) is 6.41. The third-order valence-electron chi connectivity index (χ3n) is 9.92. The van der Waals surface area contributed by atoms with Crippen LogP contribution in [0.3, 0.4) is 0 Å². The quantitative estimate of drug-likeness (QED) is 0.671. The minimum atomic E-state index is -0.916. The highest BCUT2D eigenvalue weighted by Gasteiger charge is 2.69. The van der Waals surface area contributed by atoms with Gasteiger partial charge >= 0.3 is 5.63 Å². The summed E-state index contributed by atoms with van der Waals surface area (Å²) in [5.41, 5.74) is -0.766. The summed E-state index contributed by atoms with van der Waals surface area (Å²) in [5, 5.41) is 33.5. The number of fused-ring (bicyclic) bond motifs is 5. The first-order chi connectivity index (χ1) is 13.7. The Balaban J connectivity index is 1.52. The van der Waals surface area contributed by atoms with Crippen LogP contribution in [0.25, 0.3) is 0 Å². The Labute approximate surface area is 172 Å². The molecule has 0 saturated heterocycles. The lowest BCUT2D eigenvalue weighted by molar-refractivity contribution is -0.205. The van der Waals surface area contributed by atoms with E-state index in [2.05, 4.69) is 13.8 Å². The third-order valence-corrected chi connectivity index (χ3v) is 9.92. The molecular formula is C24H34O5. The summed E-state index contributed by atoms with van der Waals surface area (Å²) in [6.07, 6.45) is 7.75. The van der Waals surface area contributed by atoms with Crippen LogP contribution in [0.2, 0.25) is 0 Å². The van der Waals surface area contributed by atoms with E-state index in [1.807, 2.05) is 0 Å². The molecule has 5 heteroatoms. The molecule has 9 atom stereocenters. The van der Waals surface area contributed by atoms with Crippen molar-refractivity contribution in [1.29, 1.82) is 0 Å². The normalized spacial score (nSPS) is 51.8. The first kappa shape index (κ1) is 19.8. The standard InChI is InChI=1S/C24H34O5/c1-22-9-7-16(25)11-15(22)4-5-18-17(22)8-10-23(2)21(19(26)12-24(18,23)28)14-3-6-20(27)29-13-14/h3,6,13,15-19,21,25-26,28H,4-5,7-12H2,1-2H3/t15-,16-,17-,18+,19-,21-,22-,23+,24-/m0/s1. The molecule has 4 aliphatic rings. The van der Waals surface area contributed by atoms with Crippen LogP contribution in [0, 0.1) is 28.6 Å². The van der Waals surface area contributed by atoms with Crippen molar-refractivity contribution >= 4 is 0 Å². The van der Waals surface area contributed by atoms with Gasteiger partial charge in [-0.1, -0.05) is 13.8 Å². The van der Waals surface area contributed by atoms with Crippen LogP contribution >= 0.6 is 0 Å². The summed E-state index contributed by atoms with van der Waals surface area (Å²) in [6, 6.07) is 3.16. The van der Waals surface area contributed by atoms with Crippen LogP contribution in [-0.4, -0.2) is 33.1 Å². The lowest BCUT2D eigenvalue weighted by atomic mass is 9.43. The van der Waals surface area contributed by atoms with Crippen LogP contribution in [0.5, 0.6) is 0 Å². The molecule has 1 aromatic heterocycles. The molecule has 0 aliphatic heterocycles. The van der Waals surface area contributed by atoms with Gasteiger partial charge in [0.1, 0.15) is 0 Å². The molecule has 4 fully saturated rings. The fourth-order valence-electron chi connectivity index (χ4n) is 8.38. The first-order valence-corrected chi connectivity index (χ1v) is 11.4. The topological polar surface area (TPSA) is 90.9 Å². The van der Waals surface area contributed by atoms with Gasteiger partial charge in [0.2, 0.25) is 0 Å². The SMILES string of the molecule is C[C@]12CC[C@H](O)C[C@@H]1CC[C@@H]1[C@@H]2CC[C@]2(C)[C@@H](c3ccc(=O)oc3)[C@@H](O)C[C@]12O. The van der Waals surface area contributed by atoms with Crippen molar-refractivity contribution in [3.63, 3.8) is 0 Å². The molecule has 1 aromatic rings. The zero-order valence-corrected chi connectivity index (χ0v) is 17.5. The van der Waals surface area contributed by atoms with Crippen molar-refractivity contribution in [2.75, 3.05) is 0 Å². The average Bonchev–Trinajstić information content (AvgIpc) is 2.88. The first-order valence-electron chi connectivity index (χ1n) is 11.4. The maximum Gasteiger partial charge on any atom is 0.335 e. The molecule has 1 heterocycles. The number of rotatable bonds is 1. The Hall–Kier alpha value is -1.17. The fraction of sp³-hybridized carbons (Fsp3) is 0.792. The predicted molar refractivity (Wildman–Crippen MR) is 108 cm³/mol. The molecule has 0 radical (unpaired) electrons. The maximum atomic E-state index is 12.2. The Kier molecular flexibility index (Phi) is 4.37. The maximum absolute atomic E-state index is 12.2. The van der Waals surface area contributed by atoms with Crippen LogP contribution < -0.4 is 5.63 Å². The van der Waals surface area contributed by atoms with Crippen LogP contribution in [0.1, 0.15) is 76.7 Å². The minimum absolute atomic E-state index is 0.168. The van der Waals surface area contributed by atoms with Gasteiger partial charge in [-0.05, 0) is 79.7 Å². The van der Waals surface area contributed by atoms with E-state index in [-0.39, 0.29) is 23.4 Å². The van der Waals surface area contributed by atoms with E-state index in [9.17, 15) is 20.1 Å². The van der Waals surface area contributed by atoms with E-state index in [1.165, 1.54) is 12.3 Å². The molecule has 29 heavy (non-hydrogen) atoms. The van der Waals surface area contributed by atoms with Gasteiger partial charge < -0.3 is 19.7 Å². The van der Waals surface area contributed by atoms with Gasteiger partial charge in [-0.2, -0.15) is 0 Å². The summed E-state index contributed by atoms with van der Waals surface area (Å²) in [5.74, 6) is 0.919. The van der Waals surface area contributed by atoms with Gasteiger partial charge in [-0.15, -0.1) is 0 Å². The van der Waals surface area contributed by atoms with E-state index in [0.29, 0.717) is 18.3 Å². The molecular weight excluding hydrogens is 368 g/mol. The number of aliphatic hydroxyl groups is 3. The van der Waals surface area contributed by atoms with E-state index in [1.54, 1.807) is 6.07 Å². The zero-order chi connectivity index (χ0) is 20.6. The second-order valence-corrected chi connectivity index (χ2v) is 10.9. The molecule has 0 unspecified atom stereocenters. The average molecular weight is 403 g/mol. The number of hydrogen-bond donors (Lipinski definition) is 3. The molecule has 0 bridgehead atoms. The Morgan fingerprint density at radius 3 is 2.55 bits per heavy atom. The van der Waals surface area contributed by atoms with Crippen molar-refractivity contribution in [2.45, 2.75) is 88.9 Å². The Bertz CT molecular complexity index is 829. The fourth-order valence-corrected chi connectivity index (χ4v) is 8.38. The number of hydrogen-bond acceptors (Lipinski definition) is 5. The number of aliphatic hydroxyl groups excluding tert-OH is 2. The predicted octanol–water partition coefficient (Wildman–Crippen LogP) is 3.21. The molecule has 0 spiro atoms. The van der Waals surface area contributed by atoms with Gasteiger partial charge in [0.15, 0.2) is 0 Å². The van der Waals surface area contributed by atoms with Gasteiger partial charge in [0.05, 0.1) is 24.1 Å². The molecule has 4 aliphatic carbocycles. The van der Waals surface area contributed by atoms with Gasteiger partial charge in [0, 0.05) is 23.8 Å². The van der Waals surface area contributed by atoms with Crippen molar-refractivity contribution in [3.8, 4) is 0 Å². The lowest BCUT2D eigenvalue weighted by Gasteiger charge is -2.63. The van der Waals surface area contributed by atoms with Crippen molar-refractivity contribution < 1.29 is 19.7 Å². The molecule has 0 amide bonds. The van der Waals surface area contributed by atoms with Crippen LogP contribution in [0.15, 0.2) is 27.6 Å². The van der Waals surface area contributed by atoms with Crippen molar-refractivity contribution in [3.05, 3.63) is 34.4 Å². The summed E-state index contributed by atoms with van der Waals surface area (Å²) in [7, 11) is 0. The van der Waals surface area contributed by atoms with E-state index < -0.39 is 22.7 Å². The molecule has 4 saturated carbocycles. The van der Waals surface area contributed by atoms with E-state index in [4.69, 9.17) is 4.42 Å². The van der Waals surface area contributed by atoms with E-state index >= 15 is 0 Å². The summed E-state index contributed by atoms with van der Waals surface area (Å²) in [4.78, 5) is 11.4. The van der Waals surface area contributed by atoms with Gasteiger partial charge in [-0.3, -0.25) is 0 Å². The Morgan fingerprint density at radius 2 is 1.83 bits per heavy atom. The van der Waals surface area contributed by atoms with Gasteiger partial charge in [0.25, 0.3) is 0 Å². The molecule has 160 valence electrons. The monoisotopic (exact) mass is 402 g/mol. The smallest absolute Gasteiger partial charge is 0.335 e. The second-order valence-electron chi connectivity index (χ2n) is 10.9. The van der Waals surface area contributed by atoms with Gasteiger partial charge in [-0.25, -0.2) is 4.79 Å². The lowest BCUT2D eigenvalue weighted by Crippen LogP contribution is -2.62. The molecule has 5 rings (SSSR count). The third kappa shape index (κ3) is 2.60. The molecule has 5 nitrogen and oxygen atoms in total. The largest absolute Gasteiger partial charge is 0.431 e. The van der Waals surface area contributed by atoms with Crippen molar-refractivity contribution in [1.82, 2.24) is 0 Å². The summed E-state index contributed by atoms with van der Waals surface area (Å²) >= 11 is 0. The highest BCUT2D eigenvalue weighted by molar-refractivity contribution is 5.29. The molecule has 3 N–H and O–H groups in total. The van der Waals surface area contributed by atoms with Crippen LogP contribution in [-0.2, 0) is 0 Å². The Morgan fingerprint density at radius 1 is 1.03 bits per heavy atom. The highest BCUT2D eigenvalue weighted by atomic mass is 16.4.